The molecule has 2 rings (SSSR count). The van der Waals surface area contributed by atoms with Crippen LogP contribution >= 0.6 is 34.5 Å². The summed E-state index contributed by atoms with van der Waals surface area (Å²) in [6.45, 7) is 0.430. The van der Waals surface area contributed by atoms with Gasteiger partial charge in [-0.25, -0.2) is 0 Å². The fraction of sp³-hybridized carbons (Fsp3) is 0.200. The van der Waals surface area contributed by atoms with Crippen molar-refractivity contribution in [3.05, 3.63) is 43.8 Å². The van der Waals surface area contributed by atoms with Gasteiger partial charge < -0.3 is 5.73 Å². The van der Waals surface area contributed by atoms with Crippen molar-refractivity contribution < 1.29 is 0 Å². The molecule has 0 amide bonds. The number of nitrogens with zero attached hydrogens (tertiary/aromatic N) is 2. The Kier molecular flexibility index (Phi) is 3.76. The zero-order valence-electron chi connectivity index (χ0n) is 8.28. The minimum Gasteiger partial charge on any atom is -0.324 e. The standard InChI is InChI=1S/C10H9Cl2N3S/c11-7-2-1-6(3-8(7)12)4-9-14-15-10(5-13)16-9/h1-3H,4-5,13H2. The second-order valence-electron chi connectivity index (χ2n) is 3.22. The Balaban J connectivity index is 2.17. The van der Waals surface area contributed by atoms with Crippen LogP contribution in [0.5, 0.6) is 0 Å². The first-order valence-electron chi connectivity index (χ1n) is 4.64. The third-order valence-electron chi connectivity index (χ3n) is 2.02. The van der Waals surface area contributed by atoms with Crippen LogP contribution in [-0.2, 0) is 13.0 Å². The lowest BCUT2D eigenvalue weighted by atomic mass is 10.2. The monoisotopic (exact) mass is 273 g/mol. The first kappa shape index (κ1) is 11.8. The summed E-state index contributed by atoms with van der Waals surface area (Å²) in [5.41, 5.74) is 6.53. The number of halogens is 2. The fourth-order valence-corrected chi connectivity index (χ4v) is 2.34. The van der Waals surface area contributed by atoms with E-state index in [1.807, 2.05) is 12.1 Å². The Bertz CT molecular complexity index is 499. The van der Waals surface area contributed by atoms with Crippen molar-refractivity contribution >= 4 is 34.5 Å². The normalized spacial score (nSPS) is 10.7. The van der Waals surface area contributed by atoms with Crippen molar-refractivity contribution in [1.29, 1.82) is 0 Å². The highest BCUT2D eigenvalue weighted by atomic mass is 35.5. The van der Waals surface area contributed by atoms with Gasteiger partial charge in [-0.3, -0.25) is 0 Å². The van der Waals surface area contributed by atoms with Crippen molar-refractivity contribution in [3.8, 4) is 0 Å². The lowest BCUT2D eigenvalue weighted by molar-refractivity contribution is 0.930. The highest BCUT2D eigenvalue weighted by molar-refractivity contribution is 7.11. The third kappa shape index (κ3) is 2.71. The summed E-state index contributed by atoms with van der Waals surface area (Å²) >= 11 is 13.3. The average molecular weight is 274 g/mol. The lowest BCUT2D eigenvalue weighted by Crippen LogP contribution is -1.94. The van der Waals surface area contributed by atoms with E-state index in [1.54, 1.807) is 6.07 Å². The van der Waals surface area contributed by atoms with E-state index in [9.17, 15) is 0 Å². The molecule has 2 aromatic rings. The van der Waals surface area contributed by atoms with Crippen LogP contribution in [0.4, 0.5) is 0 Å². The maximum atomic E-state index is 5.93. The maximum absolute atomic E-state index is 5.93. The lowest BCUT2D eigenvalue weighted by Gasteiger charge is -1.99. The molecule has 0 saturated heterocycles. The van der Waals surface area contributed by atoms with Crippen LogP contribution in [0.3, 0.4) is 0 Å². The zero-order chi connectivity index (χ0) is 11.5. The van der Waals surface area contributed by atoms with Gasteiger partial charge in [0.1, 0.15) is 10.0 Å². The number of rotatable bonds is 3. The molecule has 0 spiro atoms. The third-order valence-corrected chi connectivity index (χ3v) is 3.71. The largest absolute Gasteiger partial charge is 0.324 e. The summed E-state index contributed by atoms with van der Waals surface area (Å²) in [5, 5.41) is 10.9. The van der Waals surface area contributed by atoms with Crippen LogP contribution in [0, 0.1) is 0 Å². The molecule has 1 aromatic carbocycles. The Morgan fingerprint density at radius 3 is 2.50 bits per heavy atom. The first-order chi connectivity index (χ1) is 7.69. The Hall–Kier alpha value is -0.680. The molecule has 0 bridgehead atoms. The second-order valence-corrected chi connectivity index (χ2v) is 5.18. The summed E-state index contributed by atoms with van der Waals surface area (Å²) in [4.78, 5) is 0. The molecule has 0 fully saturated rings. The van der Waals surface area contributed by atoms with E-state index in [2.05, 4.69) is 10.2 Å². The van der Waals surface area contributed by atoms with Crippen LogP contribution < -0.4 is 5.73 Å². The minimum atomic E-state index is 0.430. The summed E-state index contributed by atoms with van der Waals surface area (Å²) in [6.07, 6.45) is 0.703. The molecule has 1 heterocycles. The Labute approximate surface area is 107 Å². The van der Waals surface area contributed by atoms with Gasteiger partial charge in [0, 0.05) is 13.0 Å². The van der Waals surface area contributed by atoms with Gasteiger partial charge in [0.25, 0.3) is 0 Å². The number of benzene rings is 1. The highest BCUT2D eigenvalue weighted by Gasteiger charge is 2.05. The molecule has 6 heteroatoms. The van der Waals surface area contributed by atoms with Crippen molar-refractivity contribution in [1.82, 2.24) is 10.2 Å². The molecule has 0 unspecified atom stereocenters. The molecule has 0 aliphatic carbocycles. The number of nitrogens with two attached hydrogens (primary N) is 1. The number of hydrogen-bond acceptors (Lipinski definition) is 4. The topological polar surface area (TPSA) is 51.8 Å². The maximum Gasteiger partial charge on any atom is 0.131 e. The van der Waals surface area contributed by atoms with Crippen LogP contribution in [0.2, 0.25) is 10.0 Å². The van der Waals surface area contributed by atoms with Gasteiger partial charge in [0.15, 0.2) is 0 Å². The van der Waals surface area contributed by atoms with E-state index in [4.69, 9.17) is 28.9 Å². The molecular weight excluding hydrogens is 265 g/mol. The SMILES string of the molecule is NCc1nnc(Cc2ccc(Cl)c(Cl)c2)s1. The molecule has 0 saturated carbocycles. The molecular formula is C10H9Cl2N3S. The van der Waals surface area contributed by atoms with Crippen molar-refractivity contribution in [2.45, 2.75) is 13.0 Å². The van der Waals surface area contributed by atoms with Gasteiger partial charge in [-0.1, -0.05) is 40.6 Å². The molecule has 16 heavy (non-hydrogen) atoms. The minimum absolute atomic E-state index is 0.430. The summed E-state index contributed by atoms with van der Waals surface area (Å²) in [5.74, 6) is 0. The number of hydrogen-bond donors (Lipinski definition) is 1. The van der Waals surface area contributed by atoms with Gasteiger partial charge in [-0.2, -0.15) is 0 Å². The average Bonchev–Trinajstić information content (AvgIpc) is 2.71. The fourth-order valence-electron chi connectivity index (χ4n) is 1.27. The van der Waals surface area contributed by atoms with E-state index in [0.717, 1.165) is 15.6 Å². The summed E-state index contributed by atoms with van der Waals surface area (Å²) in [7, 11) is 0. The van der Waals surface area contributed by atoms with Crippen molar-refractivity contribution in [2.24, 2.45) is 5.73 Å². The quantitative estimate of drug-likeness (QED) is 0.936. The van der Waals surface area contributed by atoms with Gasteiger partial charge in [-0.15, -0.1) is 10.2 Å². The van der Waals surface area contributed by atoms with E-state index in [-0.39, 0.29) is 0 Å². The zero-order valence-corrected chi connectivity index (χ0v) is 10.6. The molecule has 0 aliphatic heterocycles. The van der Waals surface area contributed by atoms with E-state index in [0.29, 0.717) is 23.0 Å². The molecule has 2 N–H and O–H groups in total. The van der Waals surface area contributed by atoms with Gasteiger partial charge >= 0.3 is 0 Å². The van der Waals surface area contributed by atoms with Crippen molar-refractivity contribution in [3.63, 3.8) is 0 Å². The van der Waals surface area contributed by atoms with Gasteiger partial charge in [0.2, 0.25) is 0 Å². The number of aromatic nitrogens is 2. The van der Waals surface area contributed by atoms with E-state index < -0.39 is 0 Å². The Morgan fingerprint density at radius 1 is 1.12 bits per heavy atom. The first-order valence-corrected chi connectivity index (χ1v) is 6.21. The molecule has 0 atom stereocenters. The Morgan fingerprint density at radius 2 is 1.88 bits per heavy atom. The smallest absolute Gasteiger partial charge is 0.131 e. The van der Waals surface area contributed by atoms with Crippen molar-refractivity contribution in [2.75, 3.05) is 0 Å². The predicted octanol–water partition coefficient (Wildman–Crippen LogP) is 2.89. The molecule has 1 aromatic heterocycles. The predicted molar refractivity (Wildman–Crippen MR) is 67.1 cm³/mol. The van der Waals surface area contributed by atoms with E-state index in [1.165, 1.54) is 11.3 Å². The molecule has 3 nitrogen and oxygen atoms in total. The van der Waals surface area contributed by atoms with Gasteiger partial charge in [-0.05, 0) is 17.7 Å². The molecule has 0 aliphatic rings. The van der Waals surface area contributed by atoms with E-state index >= 15 is 0 Å². The molecule has 84 valence electrons. The van der Waals surface area contributed by atoms with Gasteiger partial charge in [0.05, 0.1) is 10.0 Å². The molecule has 0 radical (unpaired) electrons. The van der Waals surface area contributed by atoms with Crippen LogP contribution in [0.15, 0.2) is 18.2 Å². The second kappa shape index (κ2) is 5.10. The summed E-state index contributed by atoms with van der Waals surface area (Å²) < 4.78 is 0. The van der Waals surface area contributed by atoms with Crippen LogP contribution in [0.1, 0.15) is 15.6 Å². The highest BCUT2D eigenvalue weighted by Crippen LogP contribution is 2.24. The van der Waals surface area contributed by atoms with Crippen LogP contribution in [0.25, 0.3) is 0 Å². The van der Waals surface area contributed by atoms with Crippen LogP contribution in [-0.4, -0.2) is 10.2 Å². The summed E-state index contributed by atoms with van der Waals surface area (Å²) in [6, 6.07) is 5.55.